The van der Waals surface area contributed by atoms with Crippen molar-refractivity contribution < 1.29 is 9.90 Å². The molecular weight excluding hydrogens is 318 g/mol. The van der Waals surface area contributed by atoms with Gasteiger partial charge in [0.2, 0.25) is 0 Å². The Bertz CT molecular complexity index is 653. The summed E-state index contributed by atoms with van der Waals surface area (Å²) < 4.78 is 1.05. The fraction of sp³-hybridized carbons (Fsp3) is 0.188. The summed E-state index contributed by atoms with van der Waals surface area (Å²) in [6.45, 7) is 4.02. The maximum Gasteiger partial charge on any atom is 0.307 e. The van der Waals surface area contributed by atoms with E-state index in [1.54, 1.807) is 0 Å². The number of benzene rings is 2. The van der Waals surface area contributed by atoms with Crippen molar-refractivity contribution >= 4 is 33.3 Å². The van der Waals surface area contributed by atoms with Gasteiger partial charge < -0.3 is 10.4 Å². The molecule has 0 saturated heterocycles. The van der Waals surface area contributed by atoms with E-state index in [4.69, 9.17) is 5.11 Å². The number of rotatable bonds is 4. The quantitative estimate of drug-likeness (QED) is 0.869. The molecular formula is C16H16BrNO2. The van der Waals surface area contributed by atoms with Crippen LogP contribution in [0.2, 0.25) is 0 Å². The Balaban J connectivity index is 2.23. The van der Waals surface area contributed by atoms with Gasteiger partial charge >= 0.3 is 5.97 Å². The highest BCUT2D eigenvalue weighted by atomic mass is 79.9. The summed E-state index contributed by atoms with van der Waals surface area (Å²) in [5.74, 6) is -0.811. The largest absolute Gasteiger partial charge is 0.481 e. The number of hydrogen-bond donors (Lipinski definition) is 2. The summed E-state index contributed by atoms with van der Waals surface area (Å²) >= 11 is 3.45. The minimum atomic E-state index is -0.811. The van der Waals surface area contributed by atoms with Crippen molar-refractivity contribution in [1.82, 2.24) is 0 Å². The van der Waals surface area contributed by atoms with Crippen LogP contribution in [0.25, 0.3) is 0 Å². The van der Waals surface area contributed by atoms with E-state index in [1.807, 2.05) is 44.2 Å². The molecule has 0 saturated carbocycles. The van der Waals surface area contributed by atoms with Gasteiger partial charge in [-0.2, -0.15) is 0 Å². The van der Waals surface area contributed by atoms with E-state index in [0.717, 1.165) is 32.5 Å². The molecule has 2 N–H and O–H groups in total. The predicted octanol–water partition coefficient (Wildman–Crippen LogP) is 4.44. The average Bonchev–Trinajstić information content (AvgIpc) is 2.34. The molecule has 0 aromatic heterocycles. The lowest BCUT2D eigenvalue weighted by Gasteiger charge is -2.13. The highest BCUT2D eigenvalue weighted by molar-refractivity contribution is 9.10. The van der Waals surface area contributed by atoms with Crippen LogP contribution in [0.3, 0.4) is 0 Å². The van der Waals surface area contributed by atoms with E-state index in [1.165, 1.54) is 0 Å². The zero-order valence-electron chi connectivity index (χ0n) is 11.4. The van der Waals surface area contributed by atoms with Gasteiger partial charge in [0.05, 0.1) is 6.42 Å². The number of halogens is 1. The smallest absolute Gasteiger partial charge is 0.307 e. The summed E-state index contributed by atoms with van der Waals surface area (Å²) in [4.78, 5) is 10.7. The van der Waals surface area contributed by atoms with Crippen molar-refractivity contribution in [3.05, 3.63) is 57.6 Å². The van der Waals surface area contributed by atoms with E-state index in [2.05, 4.69) is 27.3 Å². The molecule has 0 bridgehead atoms. The molecule has 20 heavy (non-hydrogen) atoms. The summed E-state index contributed by atoms with van der Waals surface area (Å²) in [6.07, 6.45) is 0.0540. The molecule has 0 aliphatic heterocycles. The van der Waals surface area contributed by atoms with Gasteiger partial charge in [-0.25, -0.2) is 0 Å². The van der Waals surface area contributed by atoms with E-state index in [9.17, 15) is 4.79 Å². The van der Waals surface area contributed by atoms with Gasteiger partial charge in [0.25, 0.3) is 0 Å². The van der Waals surface area contributed by atoms with Crippen molar-refractivity contribution in [2.75, 3.05) is 5.32 Å². The zero-order valence-corrected chi connectivity index (χ0v) is 13.0. The normalized spacial score (nSPS) is 10.3. The molecule has 4 heteroatoms. The third kappa shape index (κ3) is 3.61. The fourth-order valence-electron chi connectivity index (χ4n) is 2.06. The van der Waals surface area contributed by atoms with Crippen molar-refractivity contribution in [1.29, 1.82) is 0 Å². The van der Waals surface area contributed by atoms with Crippen LogP contribution in [0.15, 0.2) is 40.9 Å². The number of anilines is 2. The Morgan fingerprint density at radius 2 is 1.70 bits per heavy atom. The minimum Gasteiger partial charge on any atom is -0.481 e. The number of hydrogen-bond acceptors (Lipinski definition) is 2. The lowest BCUT2D eigenvalue weighted by Crippen LogP contribution is -2.01. The Morgan fingerprint density at radius 3 is 2.25 bits per heavy atom. The van der Waals surface area contributed by atoms with Crippen LogP contribution in [0, 0.1) is 13.8 Å². The van der Waals surface area contributed by atoms with Gasteiger partial charge in [-0.05, 0) is 54.8 Å². The monoisotopic (exact) mass is 333 g/mol. The first kappa shape index (κ1) is 14.6. The number of carboxylic acids is 1. The van der Waals surface area contributed by atoms with Crippen molar-refractivity contribution in [3.63, 3.8) is 0 Å². The SMILES string of the molecule is Cc1cc(Br)ccc1Nc1ccc(CC(=O)O)cc1C. The minimum absolute atomic E-state index is 0.0540. The highest BCUT2D eigenvalue weighted by Crippen LogP contribution is 2.26. The molecule has 0 heterocycles. The Hall–Kier alpha value is -1.81. The highest BCUT2D eigenvalue weighted by Gasteiger charge is 2.05. The first-order chi connectivity index (χ1) is 9.45. The molecule has 0 aliphatic carbocycles. The van der Waals surface area contributed by atoms with Crippen molar-refractivity contribution in [2.45, 2.75) is 20.3 Å². The second-order valence-electron chi connectivity index (χ2n) is 4.80. The molecule has 0 spiro atoms. The van der Waals surface area contributed by atoms with Gasteiger partial charge in [-0.3, -0.25) is 4.79 Å². The second kappa shape index (κ2) is 6.09. The van der Waals surface area contributed by atoms with Gasteiger partial charge in [-0.15, -0.1) is 0 Å². The van der Waals surface area contributed by atoms with Gasteiger partial charge in [0.1, 0.15) is 0 Å². The number of aliphatic carboxylic acids is 1. The maximum atomic E-state index is 10.7. The maximum absolute atomic E-state index is 10.7. The molecule has 0 radical (unpaired) electrons. The number of carboxylic acid groups (broad SMARTS) is 1. The zero-order chi connectivity index (χ0) is 14.7. The van der Waals surface area contributed by atoms with E-state index >= 15 is 0 Å². The Morgan fingerprint density at radius 1 is 1.10 bits per heavy atom. The van der Waals surface area contributed by atoms with Crippen LogP contribution in [0.5, 0.6) is 0 Å². The van der Waals surface area contributed by atoms with Crippen molar-refractivity contribution in [2.24, 2.45) is 0 Å². The number of aryl methyl sites for hydroxylation is 2. The van der Waals surface area contributed by atoms with E-state index < -0.39 is 5.97 Å². The van der Waals surface area contributed by atoms with E-state index in [-0.39, 0.29) is 6.42 Å². The van der Waals surface area contributed by atoms with Gasteiger partial charge in [0, 0.05) is 15.8 Å². The standard InChI is InChI=1S/C16H16BrNO2/c1-10-7-12(9-16(19)20)3-5-14(10)18-15-6-4-13(17)8-11(15)2/h3-8,18H,9H2,1-2H3,(H,19,20). The molecule has 104 valence electrons. The third-order valence-electron chi connectivity index (χ3n) is 3.10. The number of carbonyl (C=O) groups is 1. The third-order valence-corrected chi connectivity index (χ3v) is 3.60. The lowest BCUT2D eigenvalue weighted by atomic mass is 10.1. The first-order valence-electron chi connectivity index (χ1n) is 6.30. The molecule has 2 rings (SSSR count). The topological polar surface area (TPSA) is 49.3 Å². The fourth-order valence-corrected chi connectivity index (χ4v) is 2.54. The van der Waals surface area contributed by atoms with Crippen LogP contribution >= 0.6 is 15.9 Å². The van der Waals surface area contributed by atoms with E-state index in [0.29, 0.717) is 0 Å². The Kier molecular flexibility index (Phi) is 4.45. The molecule has 0 fully saturated rings. The first-order valence-corrected chi connectivity index (χ1v) is 7.09. The molecule has 3 nitrogen and oxygen atoms in total. The Labute approximate surface area is 126 Å². The molecule has 0 aliphatic rings. The summed E-state index contributed by atoms with van der Waals surface area (Å²) in [6, 6.07) is 11.7. The summed E-state index contributed by atoms with van der Waals surface area (Å²) in [5, 5.41) is 12.2. The molecule has 0 atom stereocenters. The molecule has 2 aromatic rings. The molecule has 2 aromatic carbocycles. The predicted molar refractivity (Wildman–Crippen MR) is 84.7 cm³/mol. The summed E-state index contributed by atoms with van der Waals surface area (Å²) in [5.41, 5.74) is 5.03. The molecule has 0 unspecified atom stereocenters. The van der Waals surface area contributed by atoms with Crippen LogP contribution in [-0.4, -0.2) is 11.1 Å². The summed E-state index contributed by atoms with van der Waals surface area (Å²) in [7, 11) is 0. The van der Waals surface area contributed by atoms with Crippen LogP contribution in [-0.2, 0) is 11.2 Å². The number of nitrogens with one attached hydrogen (secondary N) is 1. The molecule has 0 amide bonds. The lowest BCUT2D eigenvalue weighted by molar-refractivity contribution is -0.136. The van der Waals surface area contributed by atoms with Gasteiger partial charge in [-0.1, -0.05) is 28.1 Å². The van der Waals surface area contributed by atoms with Crippen LogP contribution < -0.4 is 5.32 Å². The average molecular weight is 334 g/mol. The van der Waals surface area contributed by atoms with Gasteiger partial charge in [0.15, 0.2) is 0 Å². The van der Waals surface area contributed by atoms with Crippen molar-refractivity contribution in [3.8, 4) is 0 Å². The second-order valence-corrected chi connectivity index (χ2v) is 5.72. The van der Waals surface area contributed by atoms with Crippen LogP contribution in [0.1, 0.15) is 16.7 Å². The van der Waals surface area contributed by atoms with Crippen LogP contribution in [0.4, 0.5) is 11.4 Å².